The van der Waals surface area contributed by atoms with Gasteiger partial charge < -0.3 is 5.32 Å². The average molecular weight is 306 g/mol. The Morgan fingerprint density at radius 3 is 2.83 bits per heavy atom. The summed E-state index contributed by atoms with van der Waals surface area (Å²) in [6.45, 7) is 0.546. The molecule has 0 fully saturated rings. The van der Waals surface area contributed by atoms with E-state index in [4.69, 9.17) is 0 Å². The van der Waals surface area contributed by atoms with Crippen molar-refractivity contribution in [3.05, 3.63) is 58.6 Å². The van der Waals surface area contributed by atoms with Gasteiger partial charge in [-0.25, -0.2) is 4.98 Å². The van der Waals surface area contributed by atoms with Crippen LogP contribution in [0.1, 0.15) is 16.2 Å². The first-order valence-corrected chi connectivity index (χ1v) is 6.35. The normalized spacial score (nSPS) is 10.1. The number of pyridine rings is 2. The predicted octanol–water partition coefficient (Wildman–Crippen LogP) is 2.21. The molecule has 0 aliphatic heterocycles. The van der Waals surface area contributed by atoms with Gasteiger partial charge in [-0.05, 0) is 40.2 Å². The Labute approximate surface area is 114 Å². The molecular weight excluding hydrogens is 294 g/mol. The van der Waals surface area contributed by atoms with Crippen LogP contribution >= 0.6 is 15.9 Å². The Morgan fingerprint density at radius 1 is 1.22 bits per heavy atom. The Balaban J connectivity index is 1.86. The van der Waals surface area contributed by atoms with Crippen molar-refractivity contribution in [2.75, 3.05) is 6.54 Å². The number of amides is 1. The van der Waals surface area contributed by atoms with Crippen molar-refractivity contribution in [1.29, 1.82) is 0 Å². The Kier molecular flexibility index (Phi) is 4.41. The van der Waals surface area contributed by atoms with Crippen LogP contribution in [0.3, 0.4) is 0 Å². The number of carbonyl (C=O) groups excluding carboxylic acids is 1. The molecule has 0 atom stereocenters. The summed E-state index contributed by atoms with van der Waals surface area (Å²) >= 11 is 3.23. The zero-order valence-corrected chi connectivity index (χ0v) is 11.2. The SMILES string of the molecule is O=C(NCCc1ccccn1)c1cccc(Br)n1. The van der Waals surface area contributed by atoms with E-state index in [1.807, 2.05) is 18.2 Å². The molecule has 5 heteroatoms. The zero-order chi connectivity index (χ0) is 12.8. The number of hydrogen-bond acceptors (Lipinski definition) is 3. The van der Waals surface area contributed by atoms with E-state index in [1.165, 1.54) is 0 Å². The quantitative estimate of drug-likeness (QED) is 0.881. The van der Waals surface area contributed by atoms with Crippen LogP contribution in [0.5, 0.6) is 0 Å². The van der Waals surface area contributed by atoms with Gasteiger partial charge in [0.15, 0.2) is 0 Å². The third-order valence-electron chi connectivity index (χ3n) is 2.34. The fraction of sp³-hybridized carbons (Fsp3) is 0.154. The van der Waals surface area contributed by atoms with E-state index in [0.29, 0.717) is 23.3 Å². The number of rotatable bonds is 4. The first-order chi connectivity index (χ1) is 8.75. The molecule has 0 aliphatic carbocycles. The molecule has 2 aromatic rings. The van der Waals surface area contributed by atoms with Crippen molar-refractivity contribution in [2.24, 2.45) is 0 Å². The molecule has 0 unspecified atom stereocenters. The van der Waals surface area contributed by atoms with Crippen molar-refractivity contribution in [1.82, 2.24) is 15.3 Å². The second-order valence-corrected chi connectivity index (χ2v) is 4.49. The lowest BCUT2D eigenvalue weighted by molar-refractivity contribution is 0.0949. The molecule has 0 spiro atoms. The lowest BCUT2D eigenvalue weighted by atomic mass is 10.2. The maximum absolute atomic E-state index is 11.8. The molecule has 4 nitrogen and oxygen atoms in total. The summed E-state index contributed by atoms with van der Waals surface area (Å²) in [6.07, 6.45) is 2.45. The monoisotopic (exact) mass is 305 g/mol. The molecule has 0 saturated heterocycles. The van der Waals surface area contributed by atoms with Gasteiger partial charge in [-0.3, -0.25) is 9.78 Å². The van der Waals surface area contributed by atoms with Gasteiger partial charge in [0.05, 0.1) is 0 Å². The predicted molar refractivity (Wildman–Crippen MR) is 72.2 cm³/mol. The number of nitrogens with zero attached hydrogens (tertiary/aromatic N) is 2. The summed E-state index contributed by atoms with van der Waals surface area (Å²) in [6, 6.07) is 11.0. The molecule has 18 heavy (non-hydrogen) atoms. The third-order valence-corrected chi connectivity index (χ3v) is 2.78. The molecule has 0 aromatic carbocycles. The Bertz CT molecular complexity index is 531. The van der Waals surface area contributed by atoms with Gasteiger partial charge in [0.25, 0.3) is 5.91 Å². The molecule has 2 aromatic heterocycles. The van der Waals surface area contributed by atoms with E-state index >= 15 is 0 Å². The van der Waals surface area contributed by atoms with Crippen LogP contribution < -0.4 is 5.32 Å². The summed E-state index contributed by atoms with van der Waals surface area (Å²) < 4.78 is 0.653. The standard InChI is InChI=1S/C13H12BrN3O/c14-12-6-3-5-11(17-12)13(18)16-9-7-10-4-1-2-8-15-10/h1-6,8H,7,9H2,(H,16,18). The van der Waals surface area contributed by atoms with Crippen molar-refractivity contribution in [3.63, 3.8) is 0 Å². The molecule has 0 aliphatic rings. The third kappa shape index (κ3) is 3.63. The largest absolute Gasteiger partial charge is 0.350 e. The van der Waals surface area contributed by atoms with Crippen molar-refractivity contribution >= 4 is 21.8 Å². The van der Waals surface area contributed by atoms with Gasteiger partial charge in [-0.15, -0.1) is 0 Å². The number of aromatic nitrogens is 2. The smallest absolute Gasteiger partial charge is 0.269 e. The molecule has 0 radical (unpaired) electrons. The first-order valence-electron chi connectivity index (χ1n) is 5.56. The highest BCUT2D eigenvalue weighted by Gasteiger charge is 2.06. The van der Waals surface area contributed by atoms with E-state index in [9.17, 15) is 4.79 Å². The van der Waals surface area contributed by atoms with Gasteiger partial charge in [0.1, 0.15) is 10.3 Å². The molecular formula is C13H12BrN3O. The fourth-order valence-electron chi connectivity index (χ4n) is 1.48. The lowest BCUT2D eigenvalue weighted by Crippen LogP contribution is -2.26. The van der Waals surface area contributed by atoms with E-state index in [2.05, 4.69) is 31.2 Å². The molecule has 1 amide bonds. The number of carbonyl (C=O) groups is 1. The van der Waals surface area contributed by atoms with Crippen LogP contribution in [0.15, 0.2) is 47.2 Å². The van der Waals surface area contributed by atoms with E-state index in [1.54, 1.807) is 24.4 Å². The Morgan fingerprint density at radius 2 is 2.11 bits per heavy atom. The van der Waals surface area contributed by atoms with Gasteiger partial charge >= 0.3 is 0 Å². The van der Waals surface area contributed by atoms with Crippen molar-refractivity contribution in [2.45, 2.75) is 6.42 Å². The highest BCUT2D eigenvalue weighted by molar-refractivity contribution is 9.10. The maximum Gasteiger partial charge on any atom is 0.269 e. The Hall–Kier alpha value is -1.75. The van der Waals surface area contributed by atoms with Gasteiger partial charge in [-0.1, -0.05) is 12.1 Å². The highest BCUT2D eigenvalue weighted by atomic mass is 79.9. The van der Waals surface area contributed by atoms with Crippen LogP contribution in [-0.2, 0) is 6.42 Å². The minimum atomic E-state index is -0.174. The van der Waals surface area contributed by atoms with E-state index in [-0.39, 0.29) is 5.91 Å². The molecule has 0 saturated carbocycles. The van der Waals surface area contributed by atoms with Crippen LogP contribution in [0, 0.1) is 0 Å². The molecule has 2 heterocycles. The average Bonchev–Trinajstić information content (AvgIpc) is 2.40. The van der Waals surface area contributed by atoms with Gasteiger partial charge in [0.2, 0.25) is 0 Å². The summed E-state index contributed by atoms with van der Waals surface area (Å²) in [4.78, 5) is 20.0. The zero-order valence-electron chi connectivity index (χ0n) is 9.64. The number of nitrogens with one attached hydrogen (secondary N) is 1. The van der Waals surface area contributed by atoms with Crippen LogP contribution in [0.2, 0.25) is 0 Å². The number of hydrogen-bond donors (Lipinski definition) is 1. The van der Waals surface area contributed by atoms with Crippen LogP contribution in [0.25, 0.3) is 0 Å². The van der Waals surface area contributed by atoms with Crippen molar-refractivity contribution < 1.29 is 4.79 Å². The summed E-state index contributed by atoms with van der Waals surface area (Å²) in [7, 11) is 0. The van der Waals surface area contributed by atoms with E-state index in [0.717, 1.165) is 5.69 Å². The first kappa shape index (κ1) is 12.7. The molecule has 1 N–H and O–H groups in total. The second-order valence-electron chi connectivity index (χ2n) is 3.67. The summed E-state index contributed by atoms with van der Waals surface area (Å²) in [5.74, 6) is -0.174. The van der Waals surface area contributed by atoms with Gasteiger partial charge in [-0.2, -0.15) is 0 Å². The summed E-state index contributed by atoms with van der Waals surface area (Å²) in [5.41, 5.74) is 1.37. The fourth-order valence-corrected chi connectivity index (χ4v) is 1.82. The number of halogens is 1. The molecule has 92 valence electrons. The second kappa shape index (κ2) is 6.26. The minimum absolute atomic E-state index is 0.174. The van der Waals surface area contributed by atoms with E-state index < -0.39 is 0 Å². The highest BCUT2D eigenvalue weighted by Crippen LogP contribution is 2.06. The van der Waals surface area contributed by atoms with Crippen LogP contribution in [-0.4, -0.2) is 22.4 Å². The maximum atomic E-state index is 11.8. The van der Waals surface area contributed by atoms with Gasteiger partial charge in [0, 0.05) is 24.9 Å². The summed E-state index contributed by atoms with van der Waals surface area (Å²) in [5, 5.41) is 2.81. The minimum Gasteiger partial charge on any atom is -0.350 e. The lowest BCUT2D eigenvalue weighted by Gasteiger charge is -2.04. The molecule has 0 bridgehead atoms. The topological polar surface area (TPSA) is 54.9 Å². The van der Waals surface area contributed by atoms with Crippen molar-refractivity contribution in [3.8, 4) is 0 Å². The van der Waals surface area contributed by atoms with Crippen LogP contribution in [0.4, 0.5) is 0 Å². The molecule has 2 rings (SSSR count).